The molecule has 0 spiro atoms. The highest BCUT2D eigenvalue weighted by atomic mass is 32.1. The van der Waals surface area contributed by atoms with Crippen molar-refractivity contribution in [3.63, 3.8) is 0 Å². The number of benzene rings is 1. The second kappa shape index (κ2) is 8.90. The van der Waals surface area contributed by atoms with Crippen LogP contribution in [0.25, 0.3) is 0 Å². The van der Waals surface area contributed by atoms with Crippen molar-refractivity contribution in [2.75, 3.05) is 31.6 Å². The number of imidazole rings is 1. The predicted octanol–water partition coefficient (Wildman–Crippen LogP) is 3.63. The number of thiophene rings is 1. The van der Waals surface area contributed by atoms with E-state index in [1.165, 1.54) is 0 Å². The van der Waals surface area contributed by atoms with Crippen LogP contribution in [0.2, 0.25) is 0 Å². The van der Waals surface area contributed by atoms with E-state index in [1.807, 2.05) is 46.5 Å². The van der Waals surface area contributed by atoms with E-state index in [0.29, 0.717) is 44.3 Å². The standard InChI is InChI=1S/C20H22N4O3S/c25-20(24-9-11-27-19(13-24)16-5-12-28-14-16)22-17-3-1-2-4-18(17)26-10-8-23-7-6-21-15-23/h1-7,12,14-15,19H,8-11,13H2,(H,22,25). The van der Waals surface area contributed by atoms with E-state index in [-0.39, 0.29) is 12.1 Å². The highest BCUT2D eigenvalue weighted by molar-refractivity contribution is 7.07. The molecule has 0 aliphatic carbocycles. The number of ether oxygens (including phenoxy) is 2. The number of anilines is 1. The molecule has 146 valence electrons. The Labute approximate surface area is 167 Å². The Hall–Kier alpha value is -2.84. The second-order valence-electron chi connectivity index (χ2n) is 6.44. The minimum Gasteiger partial charge on any atom is -0.490 e. The number of morpholine rings is 1. The van der Waals surface area contributed by atoms with Crippen LogP contribution in [0.5, 0.6) is 5.75 Å². The number of amides is 2. The molecular formula is C20H22N4O3S. The van der Waals surface area contributed by atoms with E-state index < -0.39 is 0 Å². The summed E-state index contributed by atoms with van der Waals surface area (Å²) in [5, 5.41) is 7.07. The van der Waals surface area contributed by atoms with Gasteiger partial charge in [0.25, 0.3) is 0 Å². The van der Waals surface area contributed by atoms with Crippen LogP contribution in [0.4, 0.5) is 10.5 Å². The SMILES string of the molecule is O=C(Nc1ccccc1OCCn1ccnc1)N1CCOC(c2ccsc2)C1. The predicted molar refractivity (Wildman–Crippen MR) is 108 cm³/mol. The Bertz CT molecular complexity index is 883. The van der Waals surface area contributed by atoms with Gasteiger partial charge in [-0.3, -0.25) is 0 Å². The van der Waals surface area contributed by atoms with Gasteiger partial charge in [-0.15, -0.1) is 0 Å². The van der Waals surface area contributed by atoms with Crippen LogP contribution in [0.1, 0.15) is 11.7 Å². The first kappa shape index (κ1) is 18.5. The average molecular weight is 398 g/mol. The maximum Gasteiger partial charge on any atom is 0.322 e. The van der Waals surface area contributed by atoms with Gasteiger partial charge < -0.3 is 24.3 Å². The monoisotopic (exact) mass is 398 g/mol. The lowest BCUT2D eigenvalue weighted by atomic mass is 10.1. The molecule has 7 nitrogen and oxygen atoms in total. The van der Waals surface area contributed by atoms with Crippen LogP contribution in [0, 0.1) is 0 Å². The maximum atomic E-state index is 12.8. The van der Waals surface area contributed by atoms with Gasteiger partial charge in [-0.2, -0.15) is 11.3 Å². The number of rotatable bonds is 6. The zero-order valence-electron chi connectivity index (χ0n) is 15.4. The molecule has 2 aromatic heterocycles. The van der Waals surface area contributed by atoms with E-state index in [1.54, 1.807) is 28.8 Å². The molecule has 3 heterocycles. The largest absolute Gasteiger partial charge is 0.490 e. The third-order valence-electron chi connectivity index (χ3n) is 4.56. The van der Waals surface area contributed by atoms with Gasteiger partial charge in [-0.25, -0.2) is 9.78 Å². The minimum absolute atomic E-state index is 0.0765. The zero-order chi connectivity index (χ0) is 19.2. The smallest absolute Gasteiger partial charge is 0.322 e. The van der Waals surface area contributed by atoms with Crippen molar-refractivity contribution >= 4 is 23.1 Å². The van der Waals surface area contributed by atoms with E-state index in [2.05, 4.69) is 15.7 Å². The van der Waals surface area contributed by atoms with Crippen LogP contribution in [0.15, 0.2) is 59.8 Å². The topological polar surface area (TPSA) is 68.6 Å². The molecule has 2 amide bonds. The number of hydrogen-bond donors (Lipinski definition) is 1. The van der Waals surface area contributed by atoms with Gasteiger partial charge in [0.1, 0.15) is 18.5 Å². The van der Waals surface area contributed by atoms with Crippen LogP contribution < -0.4 is 10.1 Å². The highest BCUT2D eigenvalue weighted by Crippen LogP contribution is 2.27. The molecule has 1 saturated heterocycles. The van der Waals surface area contributed by atoms with Gasteiger partial charge >= 0.3 is 6.03 Å². The lowest BCUT2D eigenvalue weighted by Gasteiger charge is -2.32. The number of nitrogens with one attached hydrogen (secondary N) is 1. The Morgan fingerprint density at radius 1 is 1.36 bits per heavy atom. The Balaban J connectivity index is 1.36. The van der Waals surface area contributed by atoms with Crippen molar-refractivity contribution in [3.8, 4) is 5.75 Å². The third-order valence-corrected chi connectivity index (χ3v) is 5.27. The van der Waals surface area contributed by atoms with E-state index in [0.717, 1.165) is 5.56 Å². The lowest BCUT2D eigenvalue weighted by molar-refractivity contribution is -0.0132. The van der Waals surface area contributed by atoms with Gasteiger partial charge in [0.15, 0.2) is 0 Å². The molecule has 1 aliphatic rings. The average Bonchev–Trinajstić information content (AvgIpc) is 3.44. The molecule has 28 heavy (non-hydrogen) atoms. The summed E-state index contributed by atoms with van der Waals surface area (Å²) in [5.41, 5.74) is 1.78. The van der Waals surface area contributed by atoms with E-state index >= 15 is 0 Å². The van der Waals surface area contributed by atoms with E-state index in [9.17, 15) is 4.79 Å². The van der Waals surface area contributed by atoms with Crippen molar-refractivity contribution < 1.29 is 14.3 Å². The summed E-state index contributed by atoms with van der Waals surface area (Å²) in [6, 6.07) is 9.38. The molecule has 4 rings (SSSR count). The normalized spacial score (nSPS) is 16.7. The highest BCUT2D eigenvalue weighted by Gasteiger charge is 2.26. The Morgan fingerprint density at radius 2 is 2.29 bits per heavy atom. The third kappa shape index (κ3) is 4.52. The van der Waals surface area contributed by atoms with Crippen molar-refractivity contribution in [1.29, 1.82) is 0 Å². The molecule has 1 atom stereocenters. The van der Waals surface area contributed by atoms with Crippen LogP contribution in [0.3, 0.4) is 0 Å². The number of hydrogen-bond acceptors (Lipinski definition) is 5. The Kier molecular flexibility index (Phi) is 5.89. The first-order valence-corrected chi connectivity index (χ1v) is 10.1. The molecule has 8 heteroatoms. The van der Waals surface area contributed by atoms with E-state index in [4.69, 9.17) is 9.47 Å². The Morgan fingerprint density at radius 3 is 3.11 bits per heavy atom. The molecule has 1 N–H and O–H groups in total. The maximum absolute atomic E-state index is 12.8. The van der Waals surface area contributed by atoms with Gasteiger partial charge in [0, 0.05) is 18.9 Å². The minimum atomic E-state index is -0.144. The fourth-order valence-corrected chi connectivity index (χ4v) is 3.77. The lowest BCUT2D eigenvalue weighted by Crippen LogP contribution is -2.44. The number of para-hydroxylation sites is 2. The molecule has 3 aromatic rings. The molecule has 1 fully saturated rings. The molecule has 1 unspecified atom stereocenters. The number of carbonyl (C=O) groups excluding carboxylic acids is 1. The quantitative estimate of drug-likeness (QED) is 0.688. The first-order valence-electron chi connectivity index (χ1n) is 9.17. The van der Waals surface area contributed by atoms with Crippen molar-refractivity contribution in [3.05, 3.63) is 65.4 Å². The van der Waals surface area contributed by atoms with Crippen molar-refractivity contribution in [2.45, 2.75) is 12.6 Å². The second-order valence-corrected chi connectivity index (χ2v) is 7.22. The van der Waals surface area contributed by atoms with Gasteiger partial charge in [-0.05, 0) is 34.5 Å². The zero-order valence-corrected chi connectivity index (χ0v) is 16.2. The molecule has 1 aromatic carbocycles. The van der Waals surface area contributed by atoms with Crippen LogP contribution in [-0.2, 0) is 11.3 Å². The number of nitrogens with zero attached hydrogens (tertiary/aromatic N) is 3. The number of urea groups is 1. The van der Waals surface area contributed by atoms with Gasteiger partial charge in [0.2, 0.25) is 0 Å². The molecule has 0 saturated carbocycles. The number of aromatic nitrogens is 2. The molecule has 0 radical (unpaired) electrons. The summed E-state index contributed by atoms with van der Waals surface area (Å²) >= 11 is 1.63. The summed E-state index contributed by atoms with van der Waals surface area (Å²) in [6.07, 6.45) is 5.30. The first-order chi connectivity index (χ1) is 13.8. The van der Waals surface area contributed by atoms with Crippen LogP contribution in [-0.4, -0.2) is 46.8 Å². The molecule has 0 bridgehead atoms. The molecular weight excluding hydrogens is 376 g/mol. The summed E-state index contributed by atoms with van der Waals surface area (Å²) < 4.78 is 13.6. The number of carbonyl (C=O) groups is 1. The fourth-order valence-electron chi connectivity index (χ4n) is 3.06. The summed E-state index contributed by atoms with van der Waals surface area (Å²) in [7, 11) is 0. The summed E-state index contributed by atoms with van der Waals surface area (Å²) in [6.45, 7) is 2.80. The van der Waals surface area contributed by atoms with Crippen LogP contribution >= 0.6 is 11.3 Å². The van der Waals surface area contributed by atoms with Crippen molar-refractivity contribution in [2.24, 2.45) is 0 Å². The van der Waals surface area contributed by atoms with Gasteiger partial charge in [-0.1, -0.05) is 12.1 Å². The van der Waals surface area contributed by atoms with Gasteiger partial charge in [0.05, 0.1) is 31.7 Å². The summed E-state index contributed by atoms with van der Waals surface area (Å²) in [5.74, 6) is 0.651. The van der Waals surface area contributed by atoms with Crippen molar-refractivity contribution in [1.82, 2.24) is 14.5 Å². The fraction of sp³-hybridized carbons (Fsp3) is 0.300. The molecule has 1 aliphatic heterocycles. The summed E-state index contributed by atoms with van der Waals surface area (Å²) in [4.78, 5) is 18.6.